The zero-order chi connectivity index (χ0) is 26.6. The maximum absolute atomic E-state index is 12.8. The van der Waals surface area contributed by atoms with Crippen LogP contribution < -0.4 is 16.0 Å². The molecule has 0 aliphatic rings. The van der Waals surface area contributed by atoms with Gasteiger partial charge in [0.25, 0.3) is 0 Å². The molecule has 0 unspecified atom stereocenters. The van der Waals surface area contributed by atoms with E-state index in [-0.39, 0.29) is 48.3 Å². The molecule has 3 N–H and O–H groups in total. The van der Waals surface area contributed by atoms with Crippen LogP contribution in [0.15, 0.2) is 0 Å². The third kappa shape index (κ3) is 17.5. The molecular weight excluding hydrogens is 454 g/mol. The summed E-state index contributed by atoms with van der Waals surface area (Å²) in [4.78, 5) is 37.7. The first-order valence-electron chi connectivity index (χ1n) is 12.7. The van der Waals surface area contributed by atoms with Gasteiger partial charge in [-0.25, -0.2) is 0 Å². The van der Waals surface area contributed by atoms with E-state index in [0.717, 1.165) is 0 Å². The molecule has 10 heteroatoms. The molecule has 0 aliphatic heterocycles. The van der Waals surface area contributed by atoms with Gasteiger partial charge in [-0.3, -0.25) is 14.4 Å². The van der Waals surface area contributed by atoms with E-state index in [1.165, 1.54) is 0 Å². The summed E-state index contributed by atoms with van der Waals surface area (Å²) in [5.41, 5.74) is 0. The van der Waals surface area contributed by atoms with Crippen molar-refractivity contribution in [3.8, 4) is 0 Å². The first-order valence-corrected chi connectivity index (χ1v) is 12.7. The van der Waals surface area contributed by atoms with Gasteiger partial charge >= 0.3 is 0 Å². The van der Waals surface area contributed by atoms with Crippen LogP contribution in [0, 0.1) is 11.8 Å². The van der Waals surface area contributed by atoms with Crippen molar-refractivity contribution in [1.82, 2.24) is 16.0 Å². The van der Waals surface area contributed by atoms with E-state index in [1.54, 1.807) is 21.0 Å². The number of hydrogen-bond acceptors (Lipinski definition) is 8. The van der Waals surface area contributed by atoms with Crippen molar-refractivity contribution < 1.29 is 33.3 Å². The fraction of sp³-hybridized carbons (Fsp3) is 0.880. The van der Waals surface area contributed by atoms with E-state index in [2.05, 4.69) is 16.0 Å². The highest BCUT2D eigenvalue weighted by Gasteiger charge is 2.29. The molecule has 0 rings (SSSR count). The number of rotatable bonds is 22. The van der Waals surface area contributed by atoms with Gasteiger partial charge in [-0.15, -0.1) is 0 Å². The summed E-state index contributed by atoms with van der Waals surface area (Å²) in [6, 6.07) is -0.974. The number of carbonyl (C=O) groups excluding carboxylic acids is 3. The summed E-state index contributed by atoms with van der Waals surface area (Å²) < 4.78 is 21.0. The lowest BCUT2D eigenvalue weighted by Gasteiger charge is -2.27. The van der Waals surface area contributed by atoms with Gasteiger partial charge in [0.05, 0.1) is 58.3 Å². The largest absolute Gasteiger partial charge is 0.382 e. The predicted octanol–water partition coefficient (Wildman–Crippen LogP) is 1.31. The molecule has 0 saturated heterocycles. The molecule has 0 aromatic heterocycles. The van der Waals surface area contributed by atoms with Crippen LogP contribution in [0.4, 0.5) is 0 Å². The van der Waals surface area contributed by atoms with E-state index in [4.69, 9.17) is 18.9 Å². The lowest BCUT2D eigenvalue weighted by molar-refractivity contribution is -0.131. The van der Waals surface area contributed by atoms with Crippen LogP contribution in [0.5, 0.6) is 0 Å². The Kier molecular flexibility index (Phi) is 19.7. The van der Waals surface area contributed by atoms with Gasteiger partial charge in [0.15, 0.2) is 5.78 Å². The fourth-order valence-electron chi connectivity index (χ4n) is 3.19. The first kappa shape index (κ1) is 33.4. The van der Waals surface area contributed by atoms with E-state index >= 15 is 0 Å². The summed E-state index contributed by atoms with van der Waals surface area (Å²) in [5, 5.41) is 8.90. The van der Waals surface area contributed by atoms with Gasteiger partial charge in [0, 0.05) is 32.0 Å². The van der Waals surface area contributed by atoms with Crippen LogP contribution in [0.1, 0.15) is 54.4 Å². The zero-order valence-corrected chi connectivity index (χ0v) is 22.8. The van der Waals surface area contributed by atoms with Gasteiger partial charge in [0.2, 0.25) is 11.8 Å². The number of ketones is 1. The number of Topliss-reactive ketones (excluding diaryl/α,β-unsaturated/α-hetero) is 1. The number of carbonyl (C=O) groups is 3. The van der Waals surface area contributed by atoms with Crippen LogP contribution >= 0.6 is 0 Å². The molecule has 0 radical (unpaired) electrons. The summed E-state index contributed by atoms with van der Waals surface area (Å²) in [7, 11) is 1.62. The average Bonchev–Trinajstić information content (AvgIpc) is 2.79. The summed E-state index contributed by atoms with van der Waals surface area (Å²) in [6.07, 6.45) is 0.391. The molecule has 0 aromatic carbocycles. The minimum Gasteiger partial charge on any atom is -0.382 e. The molecule has 0 bridgehead atoms. The monoisotopic (exact) mass is 503 g/mol. The Bertz CT molecular complexity index is 585. The number of ether oxygens (including phenoxy) is 4. The minimum absolute atomic E-state index is 0.0649. The molecular formula is C25H49N3O7. The van der Waals surface area contributed by atoms with E-state index in [0.29, 0.717) is 52.8 Å². The highest BCUT2D eigenvalue weighted by molar-refractivity contribution is 5.92. The van der Waals surface area contributed by atoms with Crippen molar-refractivity contribution in [1.29, 1.82) is 0 Å². The van der Waals surface area contributed by atoms with Crippen molar-refractivity contribution in [3.05, 3.63) is 0 Å². The molecule has 0 saturated carbocycles. The summed E-state index contributed by atoms with van der Waals surface area (Å²) in [5.74, 6) is -0.660. The Morgan fingerprint density at radius 3 is 1.80 bits per heavy atom. The Balaban J connectivity index is 4.26. The maximum atomic E-state index is 12.8. The van der Waals surface area contributed by atoms with Crippen LogP contribution in [0.3, 0.4) is 0 Å². The second-order valence-electron chi connectivity index (χ2n) is 9.38. The third-order valence-corrected chi connectivity index (χ3v) is 5.10. The highest BCUT2D eigenvalue weighted by atomic mass is 16.6. The van der Waals surface area contributed by atoms with E-state index < -0.39 is 12.1 Å². The number of amides is 2. The fourth-order valence-corrected chi connectivity index (χ4v) is 3.19. The molecule has 0 spiro atoms. The minimum atomic E-state index is -0.699. The van der Waals surface area contributed by atoms with Gasteiger partial charge in [-0.05, 0) is 12.3 Å². The molecule has 0 heterocycles. The lowest BCUT2D eigenvalue weighted by atomic mass is 9.96. The normalized spacial score (nSPS) is 13.3. The van der Waals surface area contributed by atoms with E-state index in [1.807, 2.05) is 27.7 Å². The third-order valence-electron chi connectivity index (χ3n) is 5.10. The van der Waals surface area contributed by atoms with Gasteiger partial charge < -0.3 is 34.9 Å². The average molecular weight is 504 g/mol. The van der Waals surface area contributed by atoms with Crippen molar-refractivity contribution in [2.75, 3.05) is 59.9 Å². The molecule has 2 atom stereocenters. The van der Waals surface area contributed by atoms with Crippen molar-refractivity contribution in [2.24, 2.45) is 11.8 Å². The maximum Gasteiger partial charge on any atom is 0.237 e. The first-order chi connectivity index (χ1) is 16.6. The van der Waals surface area contributed by atoms with Gasteiger partial charge in [-0.1, -0.05) is 41.5 Å². The number of methoxy groups -OCH3 is 1. The smallest absolute Gasteiger partial charge is 0.237 e. The molecule has 2 amide bonds. The number of nitrogens with one attached hydrogen (secondary N) is 3. The van der Waals surface area contributed by atoms with Crippen LogP contribution in [0.2, 0.25) is 0 Å². The Morgan fingerprint density at radius 1 is 0.771 bits per heavy atom. The standard InChI is InChI=1S/C25H49N3O7/c1-18(2)23(27-20(5)6)25(31)28-21(24(30)19(3)4)8-9-22(29)26-10-11-33-14-15-35-17-16-34-13-12-32-7/h18-21,23,27H,8-17H2,1-7H3,(H,26,29)(H,28,31)/t21-,23-/m0/s1. The van der Waals surface area contributed by atoms with Gasteiger partial charge in [0.1, 0.15) is 0 Å². The van der Waals surface area contributed by atoms with Crippen molar-refractivity contribution in [3.63, 3.8) is 0 Å². The predicted molar refractivity (Wildman–Crippen MR) is 135 cm³/mol. The van der Waals surface area contributed by atoms with Crippen LogP contribution in [-0.4, -0.2) is 95.6 Å². The SMILES string of the molecule is COCCOCCOCCOCCNC(=O)CC[C@H](NC(=O)[C@@H](NC(C)C)C(C)C)C(=O)C(C)C. The molecule has 35 heavy (non-hydrogen) atoms. The zero-order valence-electron chi connectivity index (χ0n) is 22.8. The Morgan fingerprint density at radius 2 is 1.31 bits per heavy atom. The van der Waals surface area contributed by atoms with Crippen molar-refractivity contribution >= 4 is 17.6 Å². The number of hydrogen-bond donors (Lipinski definition) is 3. The molecule has 206 valence electrons. The van der Waals surface area contributed by atoms with Crippen LogP contribution in [-0.2, 0) is 33.3 Å². The molecule has 0 aromatic rings. The quantitative estimate of drug-likeness (QED) is 0.189. The Hall–Kier alpha value is -1.59. The Labute approximate surface area is 211 Å². The van der Waals surface area contributed by atoms with Crippen LogP contribution in [0.25, 0.3) is 0 Å². The topological polar surface area (TPSA) is 124 Å². The molecule has 0 fully saturated rings. The van der Waals surface area contributed by atoms with Gasteiger partial charge in [-0.2, -0.15) is 0 Å². The lowest BCUT2D eigenvalue weighted by Crippen LogP contribution is -2.54. The van der Waals surface area contributed by atoms with E-state index in [9.17, 15) is 14.4 Å². The molecule has 0 aliphatic carbocycles. The van der Waals surface area contributed by atoms with Crippen molar-refractivity contribution in [2.45, 2.75) is 72.5 Å². The molecule has 10 nitrogen and oxygen atoms in total. The summed E-state index contributed by atoms with van der Waals surface area (Å²) >= 11 is 0. The second-order valence-corrected chi connectivity index (χ2v) is 9.38. The highest BCUT2D eigenvalue weighted by Crippen LogP contribution is 2.09. The summed E-state index contributed by atoms with van der Waals surface area (Å²) in [6.45, 7) is 15.1. The second kappa shape index (κ2) is 20.6.